The molecule has 2 aliphatic rings. The molecular weight excluding hydrogens is 334 g/mol. The van der Waals surface area contributed by atoms with Crippen LogP contribution in [0, 0.1) is 0 Å². The Labute approximate surface area is 151 Å². The van der Waals surface area contributed by atoms with Gasteiger partial charge in [0.05, 0.1) is 18.9 Å². The fraction of sp³-hybridized carbons (Fsp3) is 0.500. The molecule has 0 atom stereocenters. The molecule has 2 aliphatic heterocycles. The van der Waals surface area contributed by atoms with Crippen LogP contribution in [0.3, 0.4) is 0 Å². The first kappa shape index (κ1) is 16.8. The SMILES string of the molecule is O=c1ccc(N2CCN(c3cc(OC4CCOCC4)ncn3)CC2)c[nH]1. The van der Waals surface area contributed by atoms with Gasteiger partial charge in [-0.3, -0.25) is 4.79 Å². The van der Waals surface area contributed by atoms with E-state index in [1.165, 1.54) is 0 Å². The van der Waals surface area contributed by atoms with Crippen molar-refractivity contribution in [2.75, 3.05) is 49.2 Å². The number of aromatic amines is 1. The summed E-state index contributed by atoms with van der Waals surface area (Å²) in [5.41, 5.74) is 0.959. The maximum atomic E-state index is 11.2. The molecule has 0 aliphatic carbocycles. The van der Waals surface area contributed by atoms with E-state index in [1.807, 2.05) is 12.1 Å². The van der Waals surface area contributed by atoms with E-state index in [0.29, 0.717) is 5.88 Å². The van der Waals surface area contributed by atoms with Crippen molar-refractivity contribution in [1.82, 2.24) is 15.0 Å². The molecule has 26 heavy (non-hydrogen) atoms. The molecule has 1 N–H and O–H groups in total. The Hall–Kier alpha value is -2.61. The quantitative estimate of drug-likeness (QED) is 0.875. The van der Waals surface area contributed by atoms with Crippen molar-refractivity contribution in [3.8, 4) is 5.88 Å². The van der Waals surface area contributed by atoms with Crippen molar-refractivity contribution in [3.63, 3.8) is 0 Å². The minimum atomic E-state index is -0.0783. The van der Waals surface area contributed by atoms with Gasteiger partial charge in [-0.1, -0.05) is 0 Å². The maximum absolute atomic E-state index is 11.2. The van der Waals surface area contributed by atoms with Gasteiger partial charge in [0.15, 0.2) is 0 Å². The van der Waals surface area contributed by atoms with Gasteiger partial charge in [-0.15, -0.1) is 0 Å². The van der Waals surface area contributed by atoms with Crippen LogP contribution in [0.25, 0.3) is 0 Å². The third-order valence-corrected chi connectivity index (χ3v) is 4.82. The zero-order valence-corrected chi connectivity index (χ0v) is 14.6. The molecule has 2 aromatic heterocycles. The van der Waals surface area contributed by atoms with Crippen molar-refractivity contribution >= 4 is 11.5 Å². The fourth-order valence-electron chi connectivity index (χ4n) is 3.32. The number of nitrogens with zero attached hydrogens (tertiary/aromatic N) is 4. The molecule has 8 heteroatoms. The smallest absolute Gasteiger partial charge is 0.248 e. The molecule has 4 rings (SSSR count). The van der Waals surface area contributed by atoms with Crippen molar-refractivity contribution in [3.05, 3.63) is 41.1 Å². The molecule has 0 amide bonds. The molecule has 0 saturated carbocycles. The Balaban J connectivity index is 1.37. The number of aromatic nitrogens is 3. The van der Waals surface area contributed by atoms with E-state index in [4.69, 9.17) is 9.47 Å². The van der Waals surface area contributed by atoms with E-state index in [1.54, 1.807) is 18.6 Å². The Kier molecular flexibility index (Phi) is 5.01. The topological polar surface area (TPSA) is 83.6 Å². The first-order chi connectivity index (χ1) is 12.8. The van der Waals surface area contributed by atoms with E-state index in [2.05, 4.69) is 24.8 Å². The van der Waals surface area contributed by atoms with Gasteiger partial charge < -0.3 is 24.3 Å². The number of hydrogen-bond acceptors (Lipinski definition) is 7. The number of nitrogens with one attached hydrogen (secondary N) is 1. The van der Waals surface area contributed by atoms with Gasteiger partial charge in [0, 0.05) is 57.4 Å². The van der Waals surface area contributed by atoms with Gasteiger partial charge in [0.2, 0.25) is 11.4 Å². The molecule has 0 unspecified atom stereocenters. The summed E-state index contributed by atoms with van der Waals surface area (Å²) < 4.78 is 11.4. The predicted molar refractivity (Wildman–Crippen MR) is 98.0 cm³/mol. The van der Waals surface area contributed by atoms with E-state index < -0.39 is 0 Å². The summed E-state index contributed by atoms with van der Waals surface area (Å²) >= 11 is 0. The third kappa shape index (κ3) is 3.96. The molecule has 0 bridgehead atoms. The predicted octanol–water partition coefficient (Wildman–Crippen LogP) is 1.05. The maximum Gasteiger partial charge on any atom is 0.248 e. The monoisotopic (exact) mass is 357 g/mol. The highest BCUT2D eigenvalue weighted by molar-refractivity contribution is 5.48. The van der Waals surface area contributed by atoms with Crippen LogP contribution in [0.2, 0.25) is 0 Å². The van der Waals surface area contributed by atoms with E-state index in [0.717, 1.165) is 63.7 Å². The van der Waals surface area contributed by atoms with Crippen LogP contribution in [-0.4, -0.2) is 60.4 Å². The lowest BCUT2D eigenvalue weighted by molar-refractivity contribution is 0.0237. The number of hydrogen-bond donors (Lipinski definition) is 1. The number of anilines is 2. The highest BCUT2D eigenvalue weighted by atomic mass is 16.5. The van der Waals surface area contributed by atoms with E-state index in [-0.39, 0.29) is 11.7 Å². The first-order valence-corrected chi connectivity index (χ1v) is 9.03. The number of piperazine rings is 1. The standard InChI is InChI=1S/C18H23N5O3/c24-17-2-1-14(12-19-17)22-5-7-23(8-6-22)16-11-18(21-13-20-16)26-15-3-9-25-10-4-15/h1-2,11-13,15H,3-10H2,(H,19,24). The Bertz CT molecular complexity index is 762. The molecule has 138 valence electrons. The van der Waals surface area contributed by atoms with Gasteiger partial charge in [0.25, 0.3) is 0 Å². The van der Waals surface area contributed by atoms with Crippen LogP contribution >= 0.6 is 0 Å². The van der Waals surface area contributed by atoms with Gasteiger partial charge in [-0.2, -0.15) is 0 Å². The molecular formula is C18H23N5O3. The van der Waals surface area contributed by atoms with Crippen LogP contribution in [-0.2, 0) is 4.74 Å². The number of pyridine rings is 1. The molecule has 8 nitrogen and oxygen atoms in total. The van der Waals surface area contributed by atoms with Gasteiger partial charge in [-0.25, -0.2) is 9.97 Å². The lowest BCUT2D eigenvalue weighted by Crippen LogP contribution is -2.47. The number of H-pyrrole nitrogens is 1. The van der Waals surface area contributed by atoms with Crippen molar-refractivity contribution in [2.45, 2.75) is 18.9 Å². The van der Waals surface area contributed by atoms with Crippen LogP contribution in [0.4, 0.5) is 11.5 Å². The summed E-state index contributed by atoms with van der Waals surface area (Å²) in [7, 11) is 0. The largest absolute Gasteiger partial charge is 0.474 e. The van der Waals surface area contributed by atoms with Crippen LogP contribution in [0.15, 0.2) is 35.5 Å². The van der Waals surface area contributed by atoms with Crippen LogP contribution < -0.4 is 20.1 Å². The normalized spacial score (nSPS) is 18.8. The molecule has 2 aromatic rings. The molecule has 0 aromatic carbocycles. The highest BCUT2D eigenvalue weighted by Gasteiger charge is 2.20. The summed E-state index contributed by atoms with van der Waals surface area (Å²) in [6, 6.07) is 5.34. The van der Waals surface area contributed by atoms with E-state index >= 15 is 0 Å². The molecule has 0 radical (unpaired) electrons. The zero-order chi connectivity index (χ0) is 17.8. The summed E-state index contributed by atoms with van der Waals surface area (Å²) in [5.74, 6) is 1.52. The second kappa shape index (κ2) is 7.74. The number of ether oxygens (including phenoxy) is 2. The molecule has 2 saturated heterocycles. The third-order valence-electron chi connectivity index (χ3n) is 4.82. The van der Waals surface area contributed by atoms with Gasteiger partial charge in [0.1, 0.15) is 18.2 Å². The summed E-state index contributed by atoms with van der Waals surface area (Å²) in [6.45, 7) is 4.93. The van der Waals surface area contributed by atoms with Crippen LogP contribution in [0.5, 0.6) is 5.88 Å². The molecule has 2 fully saturated rings. The first-order valence-electron chi connectivity index (χ1n) is 9.03. The van der Waals surface area contributed by atoms with Gasteiger partial charge >= 0.3 is 0 Å². The van der Waals surface area contributed by atoms with Crippen molar-refractivity contribution in [1.29, 1.82) is 0 Å². The minimum Gasteiger partial charge on any atom is -0.474 e. The lowest BCUT2D eigenvalue weighted by atomic mass is 10.1. The lowest BCUT2D eigenvalue weighted by Gasteiger charge is -2.36. The average molecular weight is 357 g/mol. The summed E-state index contributed by atoms with van der Waals surface area (Å²) in [6.07, 6.45) is 5.30. The Morgan fingerprint density at radius 3 is 2.58 bits per heavy atom. The fourth-order valence-corrected chi connectivity index (χ4v) is 3.32. The van der Waals surface area contributed by atoms with E-state index in [9.17, 15) is 4.79 Å². The van der Waals surface area contributed by atoms with Crippen molar-refractivity contribution < 1.29 is 9.47 Å². The second-order valence-corrected chi connectivity index (χ2v) is 6.53. The molecule has 4 heterocycles. The summed E-state index contributed by atoms with van der Waals surface area (Å²) in [5, 5.41) is 0. The Morgan fingerprint density at radius 1 is 1.08 bits per heavy atom. The molecule has 0 spiro atoms. The zero-order valence-electron chi connectivity index (χ0n) is 14.6. The minimum absolute atomic E-state index is 0.0783. The average Bonchev–Trinajstić information content (AvgIpc) is 2.70. The summed E-state index contributed by atoms with van der Waals surface area (Å²) in [4.78, 5) is 27.1. The second-order valence-electron chi connectivity index (χ2n) is 6.53. The highest BCUT2D eigenvalue weighted by Crippen LogP contribution is 2.22. The van der Waals surface area contributed by atoms with Gasteiger partial charge in [-0.05, 0) is 6.07 Å². The van der Waals surface area contributed by atoms with Crippen molar-refractivity contribution in [2.24, 2.45) is 0 Å². The van der Waals surface area contributed by atoms with Crippen LogP contribution in [0.1, 0.15) is 12.8 Å². The number of rotatable bonds is 4. The Morgan fingerprint density at radius 2 is 1.85 bits per heavy atom.